The molecule has 0 amide bonds. The molecule has 5 aromatic rings. The molecule has 5 rings (SSSR count). The van der Waals surface area contributed by atoms with Gasteiger partial charge in [0, 0.05) is 30.9 Å². The Morgan fingerprint density at radius 1 is 1.03 bits per heavy atom. The highest BCUT2D eigenvalue weighted by molar-refractivity contribution is 5.69. The molecule has 4 aromatic heterocycles. The van der Waals surface area contributed by atoms with Crippen LogP contribution in [0.3, 0.4) is 0 Å². The topological polar surface area (TPSA) is 104 Å². The van der Waals surface area contributed by atoms with Crippen LogP contribution in [-0.2, 0) is 13.0 Å². The Hall–Kier alpha value is -4.47. The van der Waals surface area contributed by atoms with E-state index in [1.54, 1.807) is 26.6 Å². The minimum atomic E-state index is 0.427. The summed E-state index contributed by atoms with van der Waals surface area (Å²) in [5.74, 6) is 3.24. The molecular formula is C27H29N7O3. The van der Waals surface area contributed by atoms with Gasteiger partial charge in [0.1, 0.15) is 23.5 Å². The zero-order chi connectivity index (χ0) is 25.9. The smallest absolute Gasteiger partial charge is 0.246 e. The Balaban J connectivity index is 1.63. The van der Waals surface area contributed by atoms with Crippen LogP contribution in [0.5, 0.6) is 11.5 Å². The lowest BCUT2D eigenvalue weighted by molar-refractivity contribution is 0.391. The molecule has 0 saturated heterocycles. The lowest BCUT2D eigenvalue weighted by atomic mass is 10.1. The Bertz CT molecular complexity index is 1530. The van der Waals surface area contributed by atoms with E-state index < -0.39 is 0 Å². The molecular weight excluding hydrogens is 470 g/mol. The van der Waals surface area contributed by atoms with Crippen molar-refractivity contribution in [2.24, 2.45) is 0 Å². The molecule has 0 atom stereocenters. The number of benzene rings is 1. The minimum Gasteiger partial charge on any atom is -0.497 e. The fourth-order valence-corrected chi connectivity index (χ4v) is 4.28. The molecule has 0 aliphatic rings. The molecule has 0 fully saturated rings. The van der Waals surface area contributed by atoms with Crippen LogP contribution in [0.2, 0.25) is 0 Å². The van der Waals surface area contributed by atoms with Crippen LogP contribution in [0.15, 0.2) is 53.4 Å². The van der Waals surface area contributed by atoms with E-state index >= 15 is 0 Å². The molecule has 0 saturated carbocycles. The second kappa shape index (κ2) is 10.3. The number of anilines is 1. The number of nitrogens with zero attached hydrogens (tertiary/aromatic N) is 7. The van der Waals surface area contributed by atoms with E-state index in [9.17, 15) is 0 Å². The van der Waals surface area contributed by atoms with Crippen LogP contribution in [-0.4, -0.2) is 50.3 Å². The maximum atomic E-state index is 5.65. The third kappa shape index (κ3) is 4.69. The highest BCUT2D eigenvalue weighted by atomic mass is 16.5. The number of oxazole rings is 1. The first-order valence-electron chi connectivity index (χ1n) is 12.0. The molecule has 0 bridgehead atoms. The zero-order valence-electron chi connectivity index (χ0n) is 21.6. The van der Waals surface area contributed by atoms with Crippen molar-refractivity contribution in [3.8, 4) is 23.1 Å². The number of ether oxygens (including phenoxy) is 2. The fourth-order valence-electron chi connectivity index (χ4n) is 4.28. The van der Waals surface area contributed by atoms with Crippen LogP contribution >= 0.6 is 0 Å². The summed E-state index contributed by atoms with van der Waals surface area (Å²) in [5.41, 5.74) is 5.08. The zero-order valence-corrected chi connectivity index (χ0v) is 21.6. The summed E-state index contributed by atoms with van der Waals surface area (Å²) < 4.78 is 18.5. The average molecular weight is 500 g/mol. The van der Waals surface area contributed by atoms with E-state index in [0.29, 0.717) is 48.4 Å². The number of pyridine rings is 1. The van der Waals surface area contributed by atoms with Gasteiger partial charge >= 0.3 is 0 Å². The van der Waals surface area contributed by atoms with Gasteiger partial charge in [-0.25, -0.2) is 19.5 Å². The summed E-state index contributed by atoms with van der Waals surface area (Å²) >= 11 is 0. The molecule has 1 aromatic carbocycles. The summed E-state index contributed by atoms with van der Waals surface area (Å²) in [6, 6.07) is 9.77. The second-order valence-electron chi connectivity index (χ2n) is 8.61. The molecule has 10 nitrogen and oxygen atoms in total. The van der Waals surface area contributed by atoms with E-state index in [2.05, 4.69) is 21.8 Å². The lowest BCUT2D eigenvalue weighted by Crippen LogP contribution is -2.25. The van der Waals surface area contributed by atoms with Crippen molar-refractivity contribution in [2.45, 2.75) is 33.7 Å². The number of hydrogen-bond acceptors (Lipinski definition) is 9. The highest BCUT2D eigenvalue weighted by Gasteiger charge is 2.23. The van der Waals surface area contributed by atoms with Gasteiger partial charge in [-0.2, -0.15) is 5.10 Å². The van der Waals surface area contributed by atoms with Crippen molar-refractivity contribution in [3.63, 3.8) is 0 Å². The molecule has 0 aliphatic carbocycles. The van der Waals surface area contributed by atoms with Gasteiger partial charge < -0.3 is 18.8 Å². The third-order valence-electron chi connectivity index (χ3n) is 6.34. The standard InChI is InChI=1S/C27H29N7O3/c1-6-33(16-19-9-10-20(35-4)14-22(19)36-5)25-26-30-23(15-21-17(2)8-7-11-28-21)32-34(26)18(3)24(31-25)27-29-12-13-37-27/h7-14H,6,15-16H2,1-5H3. The van der Waals surface area contributed by atoms with Crippen molar-refractivity contribution in [2.75, 3.05) is 25.7 Å². The molecule has 37 heavy (non-hydrogen) atoms. The van der Waals surface area contributed by atoms with Crippen LogP contribution in [0.4, 0.5) is 5.82 Å². The molecule has 10 heteroatoms. The monoisotopic (exact) mass is 499 g/mol. The predicted molar refractivity (Wildman–Crippen MR) is 139 cm³/mol. The van der Waals surface area contributed by atoms with Crippen LogP contribution < -0.4 is 14.4 Å². The number of rotatable bonds is 9. The van der Waals surface area contributed by atoms with Crippen LogP contribution in [0.25, 0.3) is 17.2 Å². The van der Waals surface area contributed by atoms with Crippen molar-refractivity contribution < 1.29 is 13.9 Å². The summed E-state index contributed by atoms with van der Waals surface area (Å²) in [6.07, 6.45) is 5.45. The number of fused-ring (bicyclic) bond motifs is 1. The summed E-state index contributed by atoms with van der Waals surface area (Å²) in [7, 11) is 3.29. The molecule has 0 N–H and O–H groups in total. The van der Waals surface area contributed by atoms with E-state index in [1.165, 1.54) is 6.26 Å². The molecule has 0 aliphatic heterocycles. The summed E-state index contributed by atoms with van der Waals surface area (Å²) in [5, 5.41) is 4.85. The van der Waals surface area contributed by atoms with E-state index in [1.807, 2.05) is 48.7 Å². The quantitative estimate of drug-likeness (QED) is 0.291. The minimum absolute atomic E-state index is 0.427. The maximum absolute atomic E-state index is 5.65. The molecule has 0 unspecified atom stereocenters. The van der Waals surface area contributed by atoms with Crippen LogP contribution in [0.1, 0.15) is 35.3 Å². The Morgan fingerprint density at radius 2 is 1.89 bits per heavy atom. The second-order valence-corrected chi connectivity index (χ2v) is 8.61. The Morgan fingerprint density at radius 3 is 2.59 bits per heavy atom. The predicted octanol–water partition coefficient (Wildman–Crippen LogP) is 4.43. The number of aryl methyl sites for hydroxylation is 2. The van der Waals surface area contributed by atoms with Gasteiger partial charge in [-0.1, -0.05) is 6.07 Å². The van der Waals surface area contributed by atoms with Gasteiger partial charge in [0.2, 0.25) is 5.89 Å². The van der Waals surface area contributed by atoms with Gasteiger partial charge in [0.05, 0.1) is 38.2 Å². The summed E-state index contributed by atoms with van der Waals surface area (Å²) in [4.78, 5) is 20.9. The Labute approximate surface area is 214 Å². The van der Waals surface area contributed by atoms with Gasteiger partial charge in [-0.3, -0.25) is 4.98 Å². The number of methoxy groups -OCH3 is 2. The fraction of sp³-hybridized carbons (Fsp3) is 0.296. The highest BCUT2D eigenvalue weighted by Crippen LogP contribution is 2.31. The van der Waals surface area contributed by atoms with Gasteiger partial charge in [0.25, 0.3) is 0 Å². The number of aromatic nitrogens is 6. The lowest BCUT2D eigenvalue weighted by Gasteiger charge is -2.24. The van der Waals surface area contributed by atoms with Gasteiger partial charge in [0.15, 0.2) is 17.3 Å². The van der Waals surface area contributed by atoms with E-state index in [-0.39, 0.29) is 0 Å². The van der Waals surface area contributed by atoms with Crippen molar-refractivity contribution in [1.29, 1.82) is 0 Å². The van der Waals surface area contributed by atoms with E-state index in [0.717, 1.165) is 34.0 Å². The largest absolute Gasteiger partial charge is 0.497 e. The van der Waals surface area contributed by atoms with Crippen molar-refractivity contribution in [3.05, 3.63) is 77.3 Å². The first kappa shape index (κ1) is 24.2. The maximum Gasteiger partial charge on any atom is 0.246 e. The van der Waals surface area contributed by atoms with E-state index in [4.69, 9.17) is 29.0 Å². The number of hydrogen-bond donors (Lipinski definition) is 0. The normalized spacial score (nSPS) is 11.2. The van der Waals surface area contributed by atoms with Crippen molar-refractivity contribution in [1.82, 2.24) is 29.5 Å². The van der Waals surface area contributed by atoms with Gasteiger partial charge in [-0.05, 0) is 44.5 Å². The van der Waals surface area contributed by atoms with Gasteiger partial charge in [-0.15, -0.1) is 0 Å². The first-order valence-corrected chi connectivity index (χ1v) is 12.0. The molecule has 0 radical (unpaired) electrons. The molecule has 4 heterocycles. The average Bonchev–Trinajstić information content (AvgIpc) is 3.60. The molecule has 0 spiro atoms. The van der Waals surface area contributed by atoms with Crippen molar-refractivity contribution >= 4 is 11.5 Å². The Kier molecular flexibility index (Phi) is 6.72. The third-order valence-corrected chi connectivity index (χ3v) is 6.34. The first-order chi connectivity index (χ1) is 18.0. The molecule has 190 valence electrons. The summed E-state index contributed by atoms with van der Waals surface area (Å²) in [6.45, 7) is 7.28. The SMILES string of the molecule is CCN(Cc1ccc(OC)cc1OC)c1nc(-c2ncco2)c(C)n2nc(Cc3ncccc3C)nc12. The van der Waals surface area contributed by atoms with Crippen LogP contribution in [0, 0.1) is 13.8 Å².